The Bertz CT molecular complexity index is 518. The van der Waals surface area contributed by atoms with Crippen molar-refractivity contribution in [2.75, 3.05) is 19.7 Å². The zero-order valence-electron chi connectivity index (χ0n) is 11.6. The summed E-state index contributed by atoms with van der Waals surface area (Å²) in [4.78, 5) is 4.48. The van der Waals surface area contributed by atoms with E-state index < -0.39 is 0 Å². The number of pyridine rings is 1. The first-order valence-corrected chi connectivity index (χ1v) is 7.27. The fourth-order valence-electron chi connectivity index (χ4n) is 2.51. The van der Waals surface area contributed by atoms with Gasteiger partial charge in [-0.25, -0.2) is 0 Å². The maximum absolute atomic E-state index is 5.85. The van der Waals surface area contributed by atoms with E-state index in [1.54, 1.807) is 0 Å². The fourth-order valence-corrected chi connectivity index (χ4v) is 2.51. The highest BCUT2D eigenvalue weighted by molar-refractivity contribution is 5.58. The van der Waals surface area contributed by atoms with Crippen molar-refractivity contribution in [2.24, 2.45) is 5.92 Å². The Labute approximate surface area is 120 Å². The predicted octanol–water partition coefficient (Wildman–Crippen LogP) is 3.13. The number of benzene rings is 1. The SMILES string of the molecule is c1ccc(-c2ccc(OCC3CCNCC3)cn2)cc1. The summed E-state index contributed by atoms with van der Waals surface area (Å²) in [6.07, 6.45) is 4.23. The Hall–Kier alpha value is -1.87. The van der Waals surface area contributed by atoms with E-state index >= 15 is 0 Å². The molecule has 1 saturated heterocycles. The van der Waals surface area contributed by atoms with E-state index in [1.807, 2.05) is 36.5 Å². The Morgan fingerprint density at radius 1 is 1.05 bits per heavy atom. The second kappa shape index (κ2) is 6.53. The van der Waals surface area contributed by atoms with Gasteiger partial charge in [-0.1, -0.05) is 30.3 Å². The van der Waals surface area contributed by atoms with Crippen LogP contribution in [-0.4, -0.2) is 24.7 Å². The second-order valence-corrected chi connectivity index (χ2v) is 5.25. The average molecular weight is 268 g/mol. The molecule has 1 aliphatic rings. The van der Waals surface area contributed by atoms with Gasteiger partial charge in [0.2, 0.25) is 0 Å². The summed E-state index contributed by atoms with van der Waals surface area (Å²) in [5, 5.41) is 3.37. The van der Waals surface area contributed by atoms with Crippen molar-refractivity contribution in [3.63, 3.8) is 0 Å². The quantitative estimate of drug-likeness (QED) is 0.925. The number of hydrogen-bond acceptors (Lipinski definition) is 3. The van der Waals surface area contributed by atoms with Crippen LogP contribution in [-0.2, 0) is 0 Å². The molecule has 2 aromatic rings. The van der Waals surface area contributed by atoms with Crippen molar-refractivity contribution in [1.29, 1.82) is 0 Å². The van der Waals surface area contributed by atoms with Crippen molar-refractivity contribution in [1.82, 2.24) is 10.3 Å². The molecule has 1 aromatic heterocycles. The van der Waals surface area contributed by atoms with E-state index in [-0.39, 0.29) is 0 Å². The standard InChI is InChI=1S/C17H20N2O/c1-2-4-15(5-3-1)17-7-6-16(12-19-17)20-13-14-8-10-18-11-9-14/h1-7,12,14,18H,8-11,13H2. The van der Waals surface area contributed by atoms with Crippen LogP contribution in [0.5, 0.6) is 5.75 Å². The first-order valence-electron chi connectivity index (χ1n) is 7.27. The topological polar surface area (TPSA) is 34.1 Å². The first-order chi connectivity index (χ1) is 9.92. The Balaban J connectivity index is 1.58. The molecule has 1 aliphatic heterocycles. The molecule has 0 atom stereocenters. The van der Waals surface area contributed by atoms with Crippen molar-refractivity contribution in [2.45, 2.75) is 12.8 Å². The molecule has 0 bridgehead atoms. The van der Waals surface area contributed by atoms with E-state index in [9.17, 15) is 0 Å². The highest BCUT2D eigenvalue weighted by Gasteiger charge is 2.13. The third kappa shape index (κ3) is 3.36. The lowest BCUT2D eigenvalue weighted by Crippen LogP contribution is -2.30. The smallest absolute Gasteiger partial charge is 0.137 e. The largest absolute Gasteiger partial charge is 0.492 e. The van der Waals surface area contributed by atoms with Crippen LogP contribution in [0.2, 0.25) is 0 Å². The molecule has 3 rings (SSSR count). The summed E-state index contributed by atoms with van der Waals surface area (Å²) >= 11 is 0. The minimum Gasteiger partial charge on any atom is -0.492 e. The number of rotatable bonds is 4. The monoisotopic (exact) mass is 268 g/mol. The fraction of sp³-hybridized carbons (Fsp3) is 0.353. The summed E-state index contributed by atoms with van der Waals surface area (Å²) in [7, 11) is 0. The molecule has 0 aliphatic carbocycles. The van der Waals surface area contributed by atoms with Crippen molar-refractivity contribution < 1.29 is 4.74 Å². The van der Waals surface area contributed by atoms with E-state index in [0.29, 0.717) is 5.92 Å². The van der Waals surface area contributed by atoms with Crippen LogP contribution >= 0.6 is 0 Å². The zero-order chi connectivity index (χ0) is 13.6. The summed E-state index contributed by atoms with van der Waals surface area (Å²) in [5.41, 5.74) is 2.12. The Morgan fingerprint density at radius 2 is 1.85 bits per heavy atom. The lowest BCUT2D eigenvalue weighted by Gasteiger charge is -2.22. The molecule has 20 heavy (non-hydrogen) atoms. The Kier molecular flexibility index (Phi) is 4.28. The minimum atomic E-state index is 0.671. The second-order valence-electron chi connectivity index (χ2n) is 5.25. The number of ether oxygens (including phenoxy) is 1. The third-order valence-corrected chi connectivity index (χ3v) is 3.75. The lowest BCUT2D eigenvalue weighted by molar-refractivity contribution is 0.214. The van der Waals surface area contributed by atoms with Gasteiger partial charge in [0.05, 0.1) is 18.5 Å². The zero-order valence-corrected chi connectivity index (χ0v) is 11.6. The number of aromatic nitrogens is 1. The minimum absolute atomic E-state index is 0.671. The van der Waals surface area contributed by atoms with Gasteiger partial charge in [0, 0.05) is 5.56 Å². The summed E-state index contributed by atoms with van der Waals surface area (Å²) in [5.74, 6) is 1.54. The maximum atomic E-state index is 5.85. The van der Waals surface area contributed by atoms with E-state index in [0.717, 1.165) is 36.7 Å². The van der Waals surface area contributed by atoms with E-state index in [2.05, 4.69) is 22.4 Å². The average Bonchev–Trinajstić information content (AvgIpc) is 2.55. The molecule has 0 saturated carbocycles. The van der Waals surface area contributed by atoms with Crippen LogP contribution in [0.4, 0.5) is 0 Å². The molecule has 104 valence electrons. The molecule has 2 heterocycles. The van der Waals surface area contributed by atoms with Gasteiger partial charge in [0.25, 0.3) is 0 Å². The number of piperidine rings is 1. The molecule has 0 spiro atoms. The van der Waals surface area contributed by atoms with Crippen LogP contribution < -0.4 is 10.1 Å². The van der Waals surface area contributed by atoms with Crippen molar-refractivity contribution >= 4 is 0 Å². The molecule has 3 heteroatoms. The van der Waals surface area contributed by atoms with Crippen LogP contribution in [0.1, 0.15) is 12.8 Å². The number of nitrogens with one attached hydrogen (secondary N) is 1. The lowest BCUT2D eigenvalue weighted by atomic mass is 9.99. The molecule has 1 aromatic carbocycles. The molecule has 0 radical (unpaired) electrons. The van der Waals surface area contributed by atoms with Gasteiger partial charge in [-0.15, -0.1) is 0 Å². The summed E-state index contributed by atoms with van der Waals surface area (Å²) in [6.45, 7) is 3.02. The van der Waals surface area contributed by atoms with Gasteiger partial charge >= 0.3 is 0 Å². The summed E-state index contributed by atoms with van der Waals surface area (Å²) in [6, 6.07) is 14.2. The van der Waals surface area contributed by atoms with E-state index in [1.165, 1.54) is 12.8 Å². The number of nitrogens with zero attached hydrogens (tertiary/aromatic N) is 1. The highest BCUT2D eigenvalue weighted by Crippen LogP contribution is 2.20. The van der Waals surface area contributed by atoms with Crippen LogP contribution in [0.15, 0.2) is 48.7 Å². The summed E-state index contributed by atoms with van der Waals surface area (Å²) < 4.78 is 5.85. The molecular formula is C17H20N2O. The van der Waals surface area contributed by atoms with Gasteiger partial charge in [-0.2, -0.15) is 0 Å². The molecule has 0 amide bonds. The molecule has 1 N–H and O–H groups in total. The predicted molar refractivity (Wildman–Crippen MR) is 80.8 cm³/mol. The van der Waals surface area contributed by atoms with Crippen LogP contribution in [0, 0.1) is 5.92 Å². The van der Waals surface area contributed by atoms with Crippen molar-refractivity contribution in [3.8, 4) is 17.0 Å². The molecule has 3 nitrogen and oxygen atoms in total. The van der Waals surface area contributed by atoms with Gasteiger partial charge in [0.1, 0.15) is 5.75 Å². The molecule has 0 unspecified atom stereocenters. The van der Waals surface area contributed by atoms with Gasteiger partial charge in [-0.05, 0) is 44.0 Å². The first kappa shape index (κ1) is 13.1. The maximum Gasteiger partial charge on any atom is 0.137 e. The number of hydrogen-bond donors (Lipinski definition) is 1. The van der Waals surface area contributed by atoms with Gasteiger partial charge in [-0.3, -0.25) is 4.98 Å². The third-order valence-electron chi connectivity index (χ3n) is 3.75. The van der Waals surface area contributed by atoms with Crippen LogP contribution in [0.25, 0.3) is 11.3 Å². The van der Waals surface area contributed by atoms with Crippen molar-refractivity contribution in [3.05, 3.63) is 48.7 Å². The normalized spacial score (nSPS) is 16.0. The van der Waals surface area contributed by atoms with Gasteiger partial charge < -0.3 is 10.1 Å². The molecular weight excluding hydrogens is 248 g/mol. The Morgan fingerprint density at radius 3 is 2.55 bits per heavy atom. The molecule has 1 fully saturated rings. The van der Waals surface area contributed by atoms with Gasteiger partial charge in [0.15, 0.2) is 0 Å². The highest BCUT2D eigenvalue weighted by atomic mass is 16.5. The van der Waals surface area contributed by atoms with E-state index in [4.69, 9.17) is 4.74 Å². The van der Waals surface area contributed by atoms with Crippen LogP contribution in [0.3, 0.4) is 0 Å².